The van der Waals surface area contributed by atoms with Gasteiger partial charge in [0, 0.05) is 16.8 Å². The number of hydrogen-bond acceptors (Lipinski definition) is 6. The normalized spacial score (nSPS) is 12.7. The number of nitrogens with zero attached hydrogens (tertiary/aromatic N) is 4. The Morgan fingerprint density at radius 1 is 1.03 bits per heavy atom. The first-order valence-electron chi connectivity index (χ1n) is 10.4. The van der Waals surface area contributed by atoms with Crippen LogP contribution in [0.4, 0.5) is 22.0 Å². The van der Waals surface area contributed by atoms with Crippen molar-refractivity contribution in [2.24, 2.45) is 0 Å². The van der Waals surface area contributed by atoms with Crippen LogP contribution in [0.25, 0.3) is 22.6 Å². The van der Waals surface area contributed by atoms with Crippen molar-refractivity contribution < 1.29 is 35.1 Å². The lowest BCUT2D eigenvalue weighted by atomic mass is 10.1. The summed E-state index contributed by atoms with van der Waals surface area (Å²) in [5, 5.41) is 4.50. The second kappa shape index (κ2) is 9.41. The molecule has 196 valence electrons. The predicted molar refractivity (Wildman–Crippen MR) is 123 cm³/mol. The third-order valence-corrected chi connectivity index (χ3v) is 7.23. The van der Waals surface area contributed by atoms with Crippen LogP contribution in [0.1, 0.15) is 6.92 Å². The summed E-state index contributed by atoms with van der Waals surface area (Å²) in [7, 11) is -3.93. The minimum Gasteiger partial charge on any atom is -0.485 e. The van der Waals surface area contributed by atoms with Gasteiger partial charge in [-0.3, -0.25) is 0 Å². The Hall–Kier alpha value is -3.52. The maximum absolute atomic E-state index is 13.2. The van der Waals surface area contributed by atoms with Gasteiger partial charge in [0.15, 0.2) is 27.9 Å². The van der Waals surface area contributed by atoms with E-state index in [4.69, 9.17) is 11.6 Å². The molecule has 0 N–H and O–H groups in total. The molecule has 0 aliphatic heterocycles. The molecule has 4 rings (SSSR count). The fourth-order valence-corrected chi connectivity index (χ4v) is 4.38. The summed E-state index contributed by atoms with van der Waals surface area (Å²) in [4.78, 5) is 16.9. The number of pyridine rings is 2. The van der Waals surface area contributed by atoms with Gasteiger partial charge in [-0.15, -0.1) is 5.10 Å². The Kier molecular flexibility index (Phi) is 6.75. The summed E-state index contributed by atoms with van der Waals surface area (Å²) in [6, 6.07) is 10.0. The Bertz CT molecular complexity index is 1630. The number of fused-ring (bicyclic) bond motifs is 1. The van der Waals surface area contributed by atoms with Gasteiger partial charge in [0.25, 0.3) is 0 Å². The molecule has 0 aliphatic rings. The Labute approximate surface area is 210 Å². The number of sulfone groups is 1. The third-order valence-electron chi connectivity index (χ3n) is 5.25. The van der Waals surface area contributed by atoms with Gasteiger partial charge in [0.1, 0.15) is 10.6 Å². The lowest BCUT2D eigenvalue weighted by molar-refractivity contribution is -0.290. The molecule has 0 saturated carbocycles. The SMILES string of the molecule is CCS(=O)(=O)c1cc(-c2ccc(Cl)cc2)cnc1-n1nc2ccc(OCC(F)(F)C(F)(F)F)cn2c1=O. The van der Waals surface area contributed by atoms with Crippen LogP contribution < -0.4 is 10.4 Å². The molecular weight excluding hydrogens is 547 g/mol. The quantitative estimate of drug-likeness (QED) is 0.306. The molecule has 0 bridgehead atoms. The number of alkyl halides is 5. The number of hydrogen-bond donors (Lipinski definition) is 0. The third kappa shape index (κ3) is 5.16. The number of aromatic nitrogens is 4. The summed E-state index contributed by atoms with van der Waals surface area (Å²) < 4.78 is 95.4. The standard InChI is InChI=1S/C22H16ClF5N4O4S/c1-2-37(34,35)17-9-14(13-3-5-15(23)6-4-13)10-29-19(17)32-20(33)31-11-16(7-8-18(31)30-32)36-12-21(24,25)22(26,27)28/h3-11H,2,12H2,1H3. The van der Waals surface area contributed by atoms with E-state index in [9.17, 15) is 35.2 Å². The van der Waals surface area contributed by atoms with Gasteiger partial charge >= 0.3 is 17.8 Å². The first-order valence-corrected chi connectivity index (χ1v) is 12.4. The number of benzene rings is 1. The van der Waals surface area contributed by atoms with Crippen molar-refractivity contribution in [2.75, 3.05) is 12.4 Å². The van der Waals surface area contributed by atoms with Crippen LogP contribution in [0.5, 0.6) is 5.75 Å². The van der Waals surface area contributed by atoms with E-state index in [0.29, 0.717) is 20.8 Å². The first kappa shape index (κ1) is 26.5. The molecule has 0 amide bonds. The molecule has 0 aliphatic carbocycles. The van der Waals surface area contributed by atoms with Crippen molar-refractivity contribution >= 4 is 27.1 Å². The maximum atomic E-state index is 13.2. The molecule has 0 fully saturated rings. The summed E-state index contributed by atoms with van der Waals surface area (Å²) in [5.41, 5.74) is 0.00650. The van der Waals surface area contributed by atoms with E-state index >= 15 is 0 Å². The van der Waals surface area contributed by atoms with Crippen LogP contribution in [0, 0.1) is 0 Å². The number of ether oxygens (including phenoxy) is 1. The van der Waals surface area contributed by atoms with Gasteiger partial charge in [-0.05, 0) is 35.9 Å². The molecule has 1 aromatic carbocycles. The lowest BCUT2D eigenvalue weighted by Gasteiger charge is -2.19. The summed E-state index contributed by atoms with van der Waals surface area (Å²) in [6.07, 6.45) is -3.62. The summed E-state index contributed by atoms with van der Waals surface area (Å²) in [5.74, 6) is -6.22. The topological polar surface area (TPSA) is 95.6 Å². The van der Waals surface area contributed by atoms with Crippen LogP contribution in [-0.2, 0) is 9.84 Å². The average molecular weight is 563 g/mol. The summed E-state index contributed by atoms with van der Waals surface area (Å²) >= 11 is 5.90. The van der Waals surface area contributed by atoms with Crippen LogP contribution in [0.3, 0.4) is 0 Å². The highest BCUT2D eigenvalue weighted by Crippen LogP contribution is 2.35. The minimum absolute atomic E-state index is 0.0663. The van der Waals surface area contributed by atoms with Gasteiger partial charge in [-0.2, -0.15) is 26.6 Å². The van der Waals surface area contributed by atoms with Crippen LogP contribution in [0.2, 0.25) is 5.02 Å². The molecule has 0 unspecified atom stereocenters. The van der Waals surface area contributed by atoms with Gasteiger partial charge < -0.3 is 4.74 Å². The molecule has 0 radical (unpaired) electrons. The second-order valence-electron chi connectivity index (χ2n) is 7.73. The number of halogens is 6. The van der Waals surface area contributed by atoms with Gasteiger partial charge in [0.05, 0.1) is 11.9 Å². The fraction of sp³-hybridized carbons (Fsp3) is 0.227. The van der Waals surface area contributed by atoms with E-state index in [0.717, 1.165) is 22.7 Å². The fourth-order valence-electron chi connectivity index (χ4n) is 3.22. The smallest absolute Gasteiger partial charge is 0.456 e. The first-order chi connectivity index (χ1) is 17.2. The molecule has 8 nitrogen and oxygen atoms in total. The minimum atomic E-state index is -5.82. The molecule has 15 heteroatoms. The largest absolute Gasteiger partial charge is 0.485 e. The lowest BCUT2D eigenvalue weighted by Crippen LogP contribution is -2.41. The molecular formula is C22H16ClF5N4O4S. The van der Waals surface area contributed by atoms with Gasteiger partial charge in [-0.25, -0.2) is 22.6 Å². The molecule has 0 atom stereocenters. The maximum Gasteiger partial charge on any atom is 0.456 e. The predicted octanol–water partition coefficient (Wildman–Crippen LogP) is 4.57. The number of rotatable bonds is 7. The van der Waals surface area contributed by atoms with Crippen molar-refractivity contribution in [3.05, 3.63) is 70.4 Å². The van der Waals surface area contributed by atoms with Gasteiger partial charge in [-0.1, -0.05) is 30.7 Å². The van der Waals surface area contributed by atoms with E-state index in [2.05, 4.69) is 14.8 Å². The second-order valence-corrected chi connectivity index (χ2v) is 10.4. The van der Waals surface area contributed by atoms with Crippen LogP contribution >= 0.6 is 11.6 Å². The Morgan fingerprint density at radius 2 is 1.70 bits per heavy atom. The van der Waals surface area contributed by atoms with Crippen molar-refractivity contribution in [3.8, 4) is 22.7 Å². The van der Waals surface area contributed by atoms with E-state index < -0.39 is 40.0 Å². The van der Waals surface area contributed by atoms with Crippen LogP contribution in [-0.4, -0.2) is 52.0 Å². The zero-order valence-electron chi connectivity index (χ0n) is 18.7. The highest BCUT2D eigenvalue weighted by Gasteiger charge is 2.58. The van der Waals surface area contributed by atoms with Crippen molar-refractivity contribution in [3.63, 3.8) is 0 Å². The van der Waals surface area contributed by atoms with E-state index in [1.165, 1.54) is 19.2 Å². The van der Waals surface area contributed by atoms with E-state index in [1.807, 2.05) is 0 Å². The summed E-state index contributed by atoms with van der Waals surface area (Å²) in [6.45, 7) is -0.599. The van der Waals surface area contributed by atoms with Gasteiger partial charge in [0.2, 0.25) is 0 Å². The molecule has 4 aromatic rings. The molecule has 3 heterocycles. The van der Waals surface area contributed by atoms with Crippen LogP contribution in [0.15, 0.2) is 64.5 Å². The zero-order chi connectivity index (χ0) is 27.2. The zero-order valence-corrected chi connectivity index (χ0v) is 20.3. The van der Waals surface area contributed by atoms with Crippen molar-refractivity contribution in [2.45, 2.75) is 23.9 Å². The average Bonchev–Trinajstić information content (AvgIpc) is 3.18. The van der Waals surface area contributed by atoms with E-state index in [-0.39, 0.29) is 22.1 Å². The highest BCUT2D eigenvalue weighted by atomic mass is 35.5. The highest BCUT2D eigenvalue weighted by molar-refractivity contribution is 7.91. The Morgan fingerprint density at radius 3 is 2.32 bits per heavy atom. The van der Waals surface area contributed by atoms with E-state index in [1.54, 1.807) is 24.3 Å². The molecule has 3 aromatic heterocycles. The molecule has 0 saturated heterocycles. The molecule has 37 heavy (non-hydrogen) atoms. The van der Waals surface area contributed by atoms with Crippen molar-refractivity contribution in [1.29, 1.82) is 0 Å². The molecule has 0 spiro atoms. The Balaban J connectivity index is 1.78. The monoisotopic (exact) mass is 562 g/mol. The van der Waals surface area contributed by atoms with Crippen molar-refractivity contribution in [1.82, 2.24) is 19.2 Å².